The number of halogens is 3. The summed E-state index contributed by atoms with van der Waals surface area (Å²) >= 11 is -2.65. The van der Waals surface area contributed by atoms with E-state index in [2.05, 4.69) is 0 Å². The minimum absolute atomic E-state index is 0.286. The van der Waals surface area contributed by atoms with Crippen molar-refractivity contribution in [3.8, 4) is 0 Å². The molecule has 0 bridgehead atoms. The molecule has 0 aliphatic carbocycles. The number of carboxylic acid groups (broad SMARTS) is 2. The molecule has 0 aliphatic heterocycles. The van der Waals surface area contributed by atoms with Crippen molar-refractivity contribution in [1.29, 1.82) is 0 Å². The van der Waals surface area contributed by atoms with Crippen LogP contribution >= 0.6 is 0 Å². The zero-order chi connectivity index (χ0) is 22.7. The first-order valence-corrected chi connectivity index (χ1v) is 13.8. The molecule has 4 nitrogen and oxygen atoms in total. The van der Waals surface area contributed by atoms with Gasteiger partial charge in [0.05, 0.1) is 0 Å². The molecule has 158 valence electrons. The summed E-state index contributed by atoms with van der Waals surface area (Å²) in [6.45, 7) is 2.17. The van der Waals surface area contributed by atoms with E-state index in [0.717, 1.165) is 23.7 Å². The van der Waals surface area contributed by atoms with Gasteiger partial charge in [-0.1, -0.05) is 0 Å². The first-order valence-electron chi connectivity index (χ1n) is 8.56. The second-order valence-electron chi connectivity index (χ2n) is 5.80. The number of rotatable bonds is 3. The quantitative estimate of drug-likeness (QED) is 0.446. The number of carbonyl (C=O) groups is 2. The predicted octanol–water partition coefficient (Wildman–Crippen LogP) is 2.80. The molecule has 30 heavy (non-hydrogen) atoms. The third-order valence-electron chi connectivity index (χ3n) is 3.25. The van der Waals surface area contributed by atoms with Gasteiger partial charge in [0.25, 0.3) is 11.9 Å². The maximum atomic E-state index is 13.2. The Labute approximate surface area is 180 Å². The van der Waals surface area contributed by atoms with Gasteiger partial charge in [0.1, 0.15) is 0 Å². The average Bonchev–Trinajstić information content (AvgIpc) is 2.66. The predicted molar refractivity (Wildman–Crippen MR) is 110 cm³/mol. The third-order valence-corrected chi connectivity index (χ3v) is 12.8. The third kappa shape index (κ3) is 9.65. The molecule has 0 fully saturated rings. The normalized spacial score (nSPS) is 9.67. The Morgan fingerprint density at radius 2 is 0.733 bits per heavy atom. The summed E-state index contributed by atoms with van der Waals surface area (Å²) in [7, 11) is 0. The van der Waals surface area contributed by atoms with E-state index in [-0.39, 0.29) is 17.5 Å². The molecule has 3 aromatic carbocycles. The summed E-state index contributed by atoms with van der Waals surface area (Å²) in [5.41, 5.74) is 0. The topological polar surface area (TPSA) is 74.6 Å². The van der Waals surface area contributed by atoms with Gasteiger partial charge in [0.15, 0.2) is 0 Å². The molecule has 0 unspecified atom stereocenters. The molecular weight excluding hydrogens is 594 g/mol. The van der Waals surface area contributed by atoms with Gasteiger partial charge in [-0.15, -0.1) is 0 Å². The summed E-state index contributed by atoms with van der Waals surface area (Å²) in [6, 6.07) is 19.3. The summed E-state index contributed by atoms with van der Waals surface area (Å²) in [5.74, 6) is -2.53. The van der Waals surface area contributed by atoms with Crippen molar-refractivity contribution in [3.63, 3.8) is 0 Å². The van der Waals surface area contributed by atoms with Gasteiger partial charge < -0.3 is 10.2 Å². The second kappa shape index (κ2) is 12.8. The van der Waals surface area contributed by atoms with Crippen LogP contribution in [0.3, 0.4) is 0 Å². The van der Waals surface area contributed by atoms with Crippen LogP contribution in [0, 0.1) is 17.5 Å². The Hall–Kier alpha value is -2.73. The van der Waals surface area contributed by atoms with Crippen LogP contribution in [0.5, 0.6) is 0 Å². The molecule has 0 aromatic heterocycles. The fourth-order valence-corrected chi connectivity index (χ4v) is 10.9. The van der Waals surface area contributed by atoms with Crippen LogP contribution in [0.1, 0.15) is 13.8 Å². The summed E-state index contributed by atoms with van der Waals surface area (Å²) in [5, 5.41) is 14.8. The van der Waals surface area contributed by atoms with Crippen LogP contribution in [0.15, 0.2) is 72.8 Å². The van der Waals surface area contributed by atoms with Crippen LogP contribution in [-0.4, -0.2) is 43.9 Å². The molecule has 8 heteroatoms. The zero-order valence-electron chi connectivity index (χ0n) is 16.2. The molecule has 0 amide bonds. The van der Waals surface area contributed by atoms with Crippen molar-refractivity contribution in [1.82, 2.24) is 0 Å². The van der Waals surface area contributed by atoms with Crippen LogP contribution in [-0.2, 0) is 9.59 Å². The van der Waals surface area contributed by atoms with E-state index in [0.29, 0.717) is 0 Å². The van der Waals surface area contributed by atoms with Crippen LogP contribution in [0.4, 0.5) is 13.2 Å². The number of carboxylic acids is 2. The van der Waals surface area contributed by atoms with Gasteiger partial charge in [-0.25, -0.2) is 0 Å². The molecule has 0 saturated heterocycles. The maximum absolute atomic E-state index is 13.2. The fourth-order valence-electron chi connectivity index (χ4n) is 2.22. The SMILES string of the molecule is CC(=O)O.CC(=O)O.Fc1cc[c]([Bi]([c]2ccc(F)cc2)[c]2ccc(F)cc2)cc1. The Bertz CT molecular complexity index is 815. The first-order chi connectivity index (χ1) is 14.1. The van der Waals surface area contributed by atoms with Crippen molar-refractivity contribution in [2.45, 2.75) is 13.8 Å². The number of benzene rings is 3. The molecule has 3 aromatic rings. The van der Waals surface area contributed by atoms with Crippen molar-refractivity contribution in [2.24, 2.45) is 0 Å². The average molecular weight is 614 g/mol. The van der Waals surface area contributed by atoms with Gasteiger partial charge in [0, 0.05) is 13.8 Å². The molecule has 0 radical (unpaired) electrons. The molecule has 0 aliphatic rings. The summed E-state index contributed by atoms with van der Waals surface area (Å²) in [4.78, 5) is 18.0. The molecule has 2 N–H and O–H groups in total. The van der Waals surface area contributed by atoms with Gasteiger partial charge in [-0.05, 0) is 0 Å². The Balaban J connectivity index is 0.000000485. The number of hydrogen-bond donors (Lipinski definition) is 2. The number of aliphatic carboxylic acids is 2. The molecule has 0 heterocycles. The van der Waals surface area contributed by atoms with E-state index in [1.807, 2.05) is 0 Å². The molecule has 0 atom stereocenters. The van der Waals surface area contributed by atoms with Crippen LogP contribution in [0.25, 0.3) is 0 Å². The van der Waals surface area contributed by atoms with Gasteiger partial charge in [-0.3, -0.25) is 9.59 Å². The fraction of sp³-hybridized carbons (Fsp3) is 0.0909. The molecular formula is C22H20BiF3O4. The number of hydrogen-bond acceptors (Lipinski definition) is 2. The Morgan fingerprint density at radius 3 is 0.900 bits per heavy atom. The monoisotopic (exact) mass is 614 g/mol. The van der Waals surface area contributed by atoms with E-state index in [4.69, 9.17) is 19.8 Å². The van der Waals surface area contributed by atoms with E-state index in [1.54, 1.807) is 36.4 Å². The molecule has 3 rings (SSSR count). The van der Waals surface area contributed by atoms with Crippen molar-refractivity contribution < 1.29 is 33.0 Å². The Kier molecular flexibility index (Phi) is 10.8. The minimum atomic E-state index is -2.65. The van der Waals surface area contributed by atoms with Crippen LogP contribution in [0.2, 0.25) is 0 Å². The van der Waals surface area contributed by atoms with Gasteiger partial charge >= 0.3 is 135 Å². The summed E-state index contributed by atoms with van der Waals surface area (Å²) in [6.07, 6.45) is 0. The van der Waals surface area contributed by atoms with Gasteiger partial charge in [-0.2, -0.15) is 0 Å². The van der Waals surface area contributed by atoms with Crippen molar-refractivity contribution in [2.75, 3.05) is 0 Å². The van der Waals surface area contributed by atoms with E-state index >= 15 is 0 Å². The summed E-state index contributed by atoms with van der Waals surface area (Å²) < 4.78 is 42.7. The Morgan fingerprint density at radius 1 is 0.567 bits per heavy atom. The molecule has 0 saturated carbocycles. The second-order valence-corrected chi connectivity index (χ2v) is 14.4. The van der Waals surface area contributed by atoms with Gasteiger partial charge in [0.2, 0.25) is 0 Å². The first kappa shape index (κ1) is 25.3. The van der Waals surface area contributed by atoms with E-state index < -0.39 is 33.7 Å². The van der Waals surface area contributed by atoms with Crippen molar-refractivity contribution >= 4 is 43.5 Å². The van der Waals surface area contributed by atoms with Crippen molar-refractivity contribution in [3.05, 3.63) is 90.2 Å². The zero-order valence-corrected chi connectivity index (χ0v) is 19.7. The molecule has 0 spiro atoms. The van der Waals surface area contributed by atoms with Crippen LogP contribution < -0.4 is 9.81 Å². The van der Waals surface area contributed by atoms with E-state index in [9.17, 15) is 13.2 Å². The standard InChI is InChI=1S/3C6H4F.2C2H4O2.Bi/c3*7-6-4-2-1-3-5-6;2*1-2(3)4;/h3*2-5H;2*1H3,(H,3,4);. The van der Waals surface area contributed by atoms with E-state index in [1.165, 1.54) is 36.4 Å².